The number of terminal acetylenes is 1. The second-order valence-electron chi connectivity index (χ2n) is 2.69. The van der Waals surface area contributed by atoms with Crippen molar-refractivity contribution in [2.24, 2.45) is 5.73 Å². The predicted molar refractivity (Wildman–Crippen MR) is 49.4 cm³/mol. The summed E-state index contributed by atoms with van der Waals surface area (Å²) in [5, 5.41) is 0. The van der Waals surface area contributed by atoms with Crippen LogP contribution in [0.3, 0.4) is 0 Å². The highest BCUT2D eigenvalue weighted by atomic mass is 14.7. The number of pyridine rings is 1. The summed E-state index contributed by atoms with van der Waals surface area (Å²) in [5.41, 5.74) is 6.73. The zero-order chi connectivity index (χ0) is 8.81. The normalized spacial score (nSPS) is 12.0. The summed E-state index contributed by atoms with van der Waals surface area (Å²) in [7, 11) is 0. The van der Waals surface area contributed by atoms with Crippen molar-refractivity contribution in [2.75, 3.05) is 0 Å². The van der Waals surface area contributed by atoms with Gasteiger partial charge in [0.1, 0.15) is 0 Å². The number of rotatable bonds is 3. The molecular weight excluding hydrogens is 148 g/mol. The number of nitrogens with zero attached hydrogens (tertiary/aromatic N) is 1. The Morgan fingerprint density at radius 2 is 2.42 bits per heavy atom. The quantitative estimate of drug-likeness (QED) is 0.669. The molecule has 1 unspecified atom stereocenters. The molecule has 0 aliphatic carbocycles. The van der Waals surface area contributed by atoms with Gasteiger partial charge in [0.15, 0.2) is 0 Å². The Morgan fingerprint density at radius 1 is 1.58 bits per heavy atom. The minimum absolute atomic E-state index is 0.0323. The maximum absolute atomic E-state index is 5.73. The molecular formula is C10H12N2. The Morgan fingerprint density at radius 3 is 3.00 bits per heavy atom. The topological polar surface area (TPSA) is 38.9 Å². The molecule has 1 rings (SSSR count). The lowest BCUT2D eigenvalue weighted by Gasteiger charge is -2.05. The molecule has 1 aromatic rings. The van der Waals surface area contributed by atoms with Gasteiger partial charge in [0.05, 0.1) is 0 Å². The molecule has 0 aliphatic heterocycles. The third kappa shape index (κ3) is 2.73. The van der Waals surface area contributed by atoms with E-state index >= 15 is 0 Å². The first-order valence-corrected chi connectivity index (χ1v) is 3.92. The van der Waals surface area contributed by atoms with E-state index < -0.39 is 0 Å². The van der Waals surface area contributed by atoms with Crippen LogP contribution >= 0.6 is 0 Å². The van der Waals surface area contributed by atoms with Gasteiger partial charge in [-0.15, -0.1) is 12.3 Å². The van der Waals surface area contributed by atoms with Gasteiger partial charge < -0.3 is 5.73 Å². The average Bonchev–Trinajstić information content (AvgIpc) is 2.06. The standard InChI is InChI=1S/C10H12N2/c1-2-5-9(11)8-10-6-3-4-7-12-10/h1,3-4,6-7,9H,5,8,11H2. The fourth-order valence-electron chi connectivity index (χ4n) is 1.01. The van der Waals surface area contributed by atoms with Gasteiger partial charge in [0.2, 0.25) is 0 Å². The molecule has 1 heterocycles. The first-order chi connectivity index (χ1) is 5.83. The van der Waals surface area contributed by atoms with Crippen molar-refractivity contribution in [2.45, 2.75) is 18.9 Å². The minimum Gasteiger partial charge on any atom is -0.326 e. The van der Waals surface area contributed by atoms with Crippen LogP contribution in [0.2, 0.25) is 0 Å². The van der Waals surface area contributed by atoms with E-state index in [1.54, 1.807) is 6.20 Å². The molecule has 0 spiro atoms. The minimum atomic E-state index is 0.0323. The van der Waals surface area contributed by atoms with Crippen molar-refractivity contribution in [1.82, 2.24) is 4.98 Å². The molecule has 0 amide bonds. The summed E-state index contributed by atoms with van der Waals surface area (Å²) in [5.74, 6) is 2.53. The number of nitrogens with two attached hydrogens (primary N) is 1. The second-order valence-corrected chi connectivity index (χ2v) is 2.69. The maximum atomic E-state index is 5.73. The van der Waals surface area contributed by atoms with Crippen molar-refractivity contribution in [3.8, 4) is 12.3 Å². The SMILES string of the molecule is C#CCC(N)Cc1ccccn1. The zero-order valence-electron chi connectivity index (χ0n) is 6.90. The van der Waals surface area contributed by atoms with Gasteiger partial charge in [-0.1, -0.05) is 6.07 Å². The molecule has 0 fully saturated rings. The third-order valence-electron chi connectivity index (χ3n) is 1.58. The van der Waals surface area contributed by atoms with Crippen molar-refractivity contribution in [1.29, 1.82) is 0 Å². The number of hydrogen-bond donors (Lipinski definition) is 1. The van der Waals surface area contributed by atoms with Gasteiger partial charge in [-0.25, -0.2) is 0 Å². The van der Waals surface area contributed by atoms with Crippen LogP contribution < -0.4 is 5.73 Å². The molecule has 0 saturated carbocycles. The molecule has 2 heteroatoms. The van der Waals surface area contributed by atoms with Crippen LogP contribution in [0, 0.1) is 12.3 Å². The summed E-state index contributed by atoms with van der Waals surface area (Å²) >= 11 is 0. The molecule has 62 valence electrons. The number of hydrogen-bond acceptors (Lipinski definition) is 2. The van der Waals surface area contributed by atoms with Crippen LogP contribution in [0.4, 0.5) is 0 Å². The third-order valence-corrected chi connectivity index (χ3v) is 1.58. The molecule has 1 aromatic heterocycles. The van der Waals surface area contributed by atoms with E-state index in [0.29, 0.717) is 6.42 Å². The van der Waals surface area contributed by atoms with Crippen molar-refractivity contribution in [3.05, 3.63) is 30.1 Å². The van der Waals surface area contributed by atoms with E-state index in [4.69, 9.17) is 12.2 Å². The van der Waals surface area contributed by atoms with E-state index in [1.807, 2.05) is 18.2 Å². The van der Waals surface area contributed by atoms with Crippen LogP contribution in [-0.4, -0.2) is 11.0 Å². The van der Waals surface area contributed by atoms with Crippen LogP contribution in [-0.2, 0) is 6.42 Å². The van der Waals surface area contributed by atoms with Gasteiger partial charge in [-0.05, 0) is 12.1 Å². The molecule has 0 aliphatic rings. The first-order valence-electron chi connectivity index (χ1n) is 3.92. The lowest BCUT2D eigenvalue weighted by atomic mass is 10.1. The molecule has 2 nitrogen and oxygen atoms in total. The molecule has 0 aromatic carbocycles. The van der Waals surface area contributed by atoms with E-state index in [-0.39, 0.29) is 6.04 Å². The van der Waals surface area contributed by atoms with Crippen molar-refractivity contribution < 1.29 is 0 Å². The predicted octanol–water partition coefficient (Wildman–Crippen LogP) is 0.975. The van der Waals surface area contributed by atoms with E-state index in [1.165, 1.54) is 0 Å². The second kappa shape index (κ2) is 4.53. The van der Waals surface area contributed by atoms with Crippen LogP contribution in [0.1, 0.15) is 12.1 Å². The molecule has 0 bridgehead atoms. The number of aromatic nitrogens is 1. The lowest BCUT2D eigenvalue weighted by molar-refractivity contribution is 0.677. The van der Waals surface area contributed by atoms with Crippen LogP contribution in [0.5, 0.6) is 0 Å². The van der Waals surface area contributed by atoms with Gasteiger partial charge in [-0.2, -0.15) is 0 Å². The highest BCUT2D eigenvalue weighted by molar-refractivity contribution is 5.06. The van der Waals surface area contributed by atoms with Crippen molar-refractivity contribution in [3.63, 3.8) is 0 Å². The fraction of sp³-hybridized carbons (Fsp3) is 0.300. The largest absolute Gasteiger partial charge is 0.326 e. The molecule has 0 radical (unpaired) electrons. The van der Waals surface area contributed by atoms with E-state index in [9.17, 15) is 0 Å². The zero-order valence-corrected chi connectivity index (χ0v) is 6.90. The van der Waals surface area contributed by atoms with E-state index in [0.717, 1.165) is 12.1 Å². The Bertz CT molecular complexity index is 261. The highest BCUT2D eigenvalue weighted by Crippen LogP contribution is 1.99. The Hall–Kier alpha value is -1.33. The Balaban J connectivity index is 2.48. The van der Waals surface area contributed by atoms with Gasteiger partial charge in [0.25, 0.3) is 0 Å². The first kappa shape index (κ1) is 8.76. The smallest absolute Gasteiger partial charge is 0.0419 e. The molecule has 1 atom stereocenters. The Kier molecular flexibility index (Phi) is 3.31. The average molecular weight is 160 g/mol. The van der Waals surface area contributed by atoms with Crippen LogP contribution in [0.25, 0.3) is 0 Å². The molecule has 12 heavy (non-hydrogen) atoms. The summed E-state index contributed by atoms with van der Waals surface area (Å²) in [6.45, 7) is 0. The van der Waals surface area contributed by atoms with Gasteiger partial charge >= 0.3 is 0 Å². The monoisotopic (exact) mass is 160 g/mol. The van der Waals surface area contributed by atoms with Gasteiger partial charge in [-0.3, -0.25) is 4.98 Å². The highest BCUT2D eigenvalue weighted by Gasteiger charge is 2.01. The summed E-state index contributed by atoms with van der Waals surface area (Å²) < 4.78 is 0. The summed E-state index contributed by atoms with van der Waals surface area (Å²) in [6.07, 6.45) is 8.26. The maximum Gasteiger partial charge on any atom is 0.0419 e. The van der Waals surface area contributed by atoms with Crippen LogP contribution in [0.15, 0.2) is 24.4 Å². The summed E-state index contributed by atoms with van der Waals surface area (Å²) in [4.78, 5) is 4.15. The van der Waals surface area contributed by atoms with Gasteiger partial charge in [0, 0.05) is 30.8 Å². The van der Waals surface area contributed by atoms with Crippen molar-refractivity contribution >= 4 is 0 Å². The summed E-state index contributed by atoms with van der Waals surface area (Å²) in [6, 6.07) is 5.82. The Labute approximate surface area is 72.8 Å². The molecule has 2 N–H and O–H groups in total. The molecule has 0 saturated heterocycles. The lowest BCUT2D eigenvalue weighted by Crippen LogP contribution is -2.22. The fourth-order valence-corrected chi connectivity index (χ4v) is 1.01. The van der Waals surface area contributed by atoms with E-state index in [2.05, 4.69) is 10.9 Å².